The van der Waals surface area contributed by atoms with Crippen molar-refractivity contribution in [3.8, 4) is 11.5 Å². The van der Waals surface area contributed by atoms with E-state index in [1.54, 1.807) is 26.0 Å². The van der Waals surface area contributed by atoms with E-state index in [1.165, 1.54) is 49.1 Å². The summed E-state index contributed by atoms with van der Waals surface area (Å²) >= 11 is 0. The molecule has 0 aliphatic carbocycles. The van der Waals surface area contributed by atoms with Crippen LogP contribution in [0.15, 0.2) is 42.5 Å². The molecular weight excluding hydrogens is 477 g/mol. The molecule has 0 radical (unpaired) electrons. The van der Waals surface area contributed by atoms with E-state index in [1.807, 2.05) is 0 Å². The number of nitrogens with one attached hydrogen (secondary N) is 1. The fraction of sp³-hybridized carbons (Fsp3) is 0.417. The lowest BCUT2D eigenvalue weighted by Crippen LogP contribution is -2.52. The second kappa shape index (κ2) is 10.9. The highest BCUT2D eigenvalue weighted by Crippen LogP contribution is 2.36. The van der Waals surface area contributed by atoms with Gasteiger partial charge in [-0.05, 0) is 45.9 Å². The minimum Gasteiger partial charge on any atom is -0.454 e. The molecule has 1 atom stereocenters. The maximum Gasteiger partial charge on any atom is 0.244 e. The smallest absolute Gasteiger partial charge is 0.244 e. The Hall–Kier alpha value is -3.34. The summed E-state index contributed by atoms with van der Waals surface area (Å²) in [6.07, 6.45) is 0. The molecule has 0 fully saturated rings. The Morgan fingerprint density at radius 2 is 1.77 bits per heavy atom. The average Bonchev–Trinajstić information content (AvgIpc) is 3.28. The molecule has 0 saturated carbocycles. The van der Waals surface area contributed by atoms with Gasteiger partial charge in [0.15, 0.2) is 11.5 Å². The standard InChI is InChI=1S/C24H30FN3O6S/c1-5-35(31,32)28(19-10-11-21-22(12-19)34-15-33-21)14-23(29)27(17(4)24(30)26-16(2)3)13-18-8-6-7-9-20(18)25/h6-12,16-17H,5,13-15H2,1-4H3,(H,26,30). The van der Waals surface area contributed by atoms with Crippen molar-refractivity contribution in [1.82, 2.24) is 10.2 Å². The summed E-state index contributed by atoms with van der Waals surface area (Å²) in [4.78, 5) is 27.5. The largest absolute Gasteiger partial charge is 0.454 e. The van der Waals surface area contributed by atoms with Crippen LogP contribution in [0, 0.1) is 5.82 Å². The first kappa shape index (κ1) is 26.3. The highest BCUT2D eigenvalue weighted by Gasteiger charge is 2.32. The van der Waals surface area contributed by atoms with Crippen molar-refractivity contribution >= 4 is 27.5 Å². The molecule has 9 nitrogen and oxygen atoms in total. The van der Waals surface area contributed by atoms with Crippen molar-refractivity contribution in [3.05, 3.63) is 53.8 Å². The quantitative estimate of drug-likeness (QED) is 0.530. The highest BCUT2D eigenvalue weighted by molar-refractivity contribution is 7.92. The Morgan fingerprint density at radius 3 is 2.43 bits per heavy atom. The third-order valence-electron chi connectivity index (χ3n) is 5.52. The predicted octanol–water partition coefficient (Wildman–Crippen LogP) is 2.65. The Bertz CT molecular complexity index is 1190. The van der Waals surface area contributed by atoms with Crippen molar-refractivity contribution in [2.24, 2.45) is 0 Å². The van der Waals surface area contributed by atoms with Crippen molar-refractivity contribution < 1.29 is 31.9 Å². The second-order valence-electron chi connectivity index (χ2n) is 8.40. The zero-order valence-corrected chi connectivity index (χ0v) is 21.0. The molecule has 2 aromatic rings. The lowest BCUT2D eigenvalue weighted by molar-refractivity contribution is -0.139. The van der Waals surface area contributed by atoms with Gasteiger partial charge in [0.2, 0.25) is 28.6 Å². The molecule has 1 aliphatic rings. The lowest BCUT2D eigenvalue weighted by atomic mass is 10.1. The number of fused-ring (bicyclic) bond motifs is 1. The summed E-state index contributed by atoms with van der Waals surface area (Å²) in [7, 11) is -3.89. The van der Waals surface area contributed by atoms with Gasteiger partial charge < -0.3 is 19.7 Å². The van der Waals surface area contributed by atoms with Crippen LogP contribution in [-0.2, 0) is 26.2 Å². The van der Waals surface area contributed by atoms with E-state index in [4.69, 9.17) is 9.47 Å². The van der Waals surface area contributed by atoms with Crippen LogP contribution in [-0.4, -0.2) is 56.3 Å². The van der Waals surface area contributed by atoms with E-state index in [2.05, 4.69) is 5.32 Å². The topological polar surface area (TPSA) is 105 Å². The summed E-state index contributed by atoms with van der Waals surface area (Å²) < 4.78 is 52.0. The van der Waals surface area contributed by atoms with Crippen molar-refractivity contribution in [2.75, 3.05) is 23.4 Å². The van der Waals surface area contributed by atoms with E-state index in [0.29, 0.717) is 11.5 Å². The number of amides is 2. The summed E-state index contributed by atoms with van der Waals surface area (Å²) in [5.74, 6) is -1.05. The number of nitrogens with zero attached hydrogens (tertiary/aromatic N) is 2. The number of carbonyl (C=O) groups excluding carboxylic acids is 2. The van der Waals surface area contributed by atoms with Crippen LogP contribution in [0.1, 0.15) is 33.3 Å². The van der Waals surface area contributed by atoms with Crippen LogP contribution in [0.4, 0.5) is 10.1 Å². The van der Waals surface area contributed by atoms with Crippen LogP contribution in [0.5, 0.6) is 11.5 Å². The molecule has 1 unspecified atom stereocenters. The Balaban J connectivity index is 1.95. The third-order valence-corrected chi connectivity index (χ3v) is 7.26. The minimum atomic E-state index is -3.89. The zero-order chi connectivity index (χ0) is 25.8. The highest BCUT2D eigenvalue weighted by atomic mass is 32.2. The number of halogens is 1. The van der Waals surface area contributed by atoms with Crippen LogP contribution >= 0.6 is 0 Å². The van der Waals surface area contributed by atoms with E-state index in [0.717, 1.165) is 4.31 Å². The van der Waals surface area contributed by atoms with Gasteiger partial charge in [0.05, 0.1) is 11.4 Å². The van der Waals surface area contributed by atoms with Gasteiger partial charge in [-0.1, -0.05) is 18.2 Å². The zero-order valence-electron chi connectivity index (χ0n) is 20.2. The van der Waals surface area contributed by atoms with Crippen molar-refractivity contribution in [1.29, 1.82) is 0 Å². The van der Waals surface area contributed by atoms with Gasteiger partial charge in [0.25, 0.3) is 0 Å². The molecule has 190 valence electrons. The summed E-state index contributed by atoms with van der Waals surface area (Å²) in [5.41, 5.74) is 0.424. The van der Waals surface area contributed by atoms with Crippen LogP contribution < -0.4 is 19.1 Å². The normalized spacial score (nSPS) is 13.4. The monoisotopic (exact) mass is 507 g/mol. The molecule has 1 heterocycles. The van der Waals surface area contributed by atoms with Gasteiger partial charge in [-0.2, -0.15) is 0 Å². The average molecular weight is 508 g/mol. The Morgan fingerprint density at radius 1 is 1.09 bits per heavy atom. The number of anilines is 1. The number of hydrogen-bond acceptors (Lipinski definition) is 6. The molecule has 2 aromatic carbocycles. The van der Waals surface area contributed by atoms with E-state index < -0.39 is 40.2 Å². The first-order valence-electron chi connectivity index (χ1n) is 11.3. The lowest BCUT2D eigenvalue weighted by Gasteiger charge is -2.32. The van der Waals surface area contributed by atoms with Gasteiger partial charge in [-0.3, -0.25) is 13.9 Å². The SMILES string of the molecule is CCS(=O)(=O)N(CC(=O)N(Cc1ccccc1F)C(C)C(=O)NC(C)C)c1ccc2c(c1)OCO2. The Labute approximate surface area is 204 Å². The van der Waals surface area contributed by atoms with Crippen molar-refractivity contribution in [3.63, 3.8) is 0 Å². The molecule has 0 saturated heterocycles. The molecule has 1 aliphatic heterocycles. The molecule has 11 heteroatoms. The number of ether oxygens (including phenoxy) is 2. The molecule has 2 amide bonds. The van der Waals surface area contributed by atoms with E-state index in [-0.39, 0.29) is 36.4 Å². The first-order chi connectivity index (χ1) is 16.5. The molecule has 0 spiro atoms. The maximum atomic E-state index is 14.4. The number of benzene rings is 2. The minimum absolute atomic E-state index is 0.0111. The van der Waals surface area contributed by atoms with Crippen molar-refractivity contribution in [2.45, 2.75) is 46.3 Å². The fourth-order valence-electron chi connectivity index (χ4n) is 3.56. The van der Waals surface area contributed by atoms with Crippen LogP contribution in [0.25, 0.3) is 0 Å². The van der Waals surface area contributed by atoms with Gasteiger partial charge in [0.1, 0.15) is 18.4 Å². The number of sulfonamides is 1. The number of hydrogen-bond donors (Lipinski definition) is 1. The van der Waals surface area contributed by atoms with E-state index in [9.17, 15) is 22.4 Å². The third kappa shape index (κ3) is 6.21. The fourth-order valence-corrected chi connectivity index (χ4v) is 4.61. The number of carbonyl (C=O) groups is 2. The first-order valence-corrected chi connectivity index (χ1v) is 12.9. The molecular formula is C24H30FN3O6S. The molecule has 1 N–H and O–H groups in total. The van der Waals surface area contributed by atoms with E-state index >= 15 is 0 Å². The van der Waals surface area contributed by atoms with Crippen LogP contribution in [0.3, 0.4) is 0 Å². The molecule has 35 heavy (non-hydrogen) atoms. The second-order valence-corrected chi connectivity index (χ2v) is 10.6. The molecule has 0 aromatic heterocycles. The van der Waals surface area contributed by atoms with Crippen LogP contribution in [0.2, 0.25) is 0 Å². The maximum absolute atomic E-state index is 14.4. The van der Waals surface area contributed by atoms with Gasteiger partial charge in [-0.25, -0.2) is 12.8 Å². The molecule has 3 rings (SSSR count). The number of rotatable bonds is 10. The van der Waals surface area contributed by atoms with Gasteiger partial charge in [0, 0.05) is 24.2 Å². The molecule has 0 bridgehead atoms. The Kier molecular flexibility index (Phi) is 8.21. The van der Waals surface area contributed by atoms with Gasteiger partial charge >= 0.3 is 0 Å². The summed E-state index contributed by atoms with van der Waals surface area (Å²) in [6.45, 7) is 5.77. The summed E-state index contributed by atoms with van der Waals surface area (Å²) in [5, 5.41) is 2.74. The van der Waals surface area contributed by atoms with Gasteiger partial charge in [-0.15, -0.1) is 0 Å². The summed E-state index contributed by atoms with van der Waals surface area (Å²) in [6, 6.07) is 9.33. The predicted molar refractivity (Wildman–Crippen MR) is 129 cm³/mol.